The molecule has 1 N–H and O–H groups in total. The molecule has 2 aliphatic carbocycles. The third kappa shape index (κ3) is 6.67. The SMILES string of the molecule is C[C@@H]1CC[C@H]2C(C)(C)[C@@H](O[Si](c3ccccc3)(c3ccccc3)C(C)(C)C)CC[C@]2(C)[C@@]12Cc1c(O)cc(CO[Si](c3ccccc3)(c3ccccc3)C(C)(C)C)cc1O2. The van der Waals surface area contributed by atoms with Gasteiger partial charge in [-0.05, 0) is 91.5 Å². The normalized spacial score (nSPS) is 25.3. The Morgan fingerprint density at radius 3 is 1.58 bits per heavy atom. The minimum atomic E-state index is -2.79. The average molecular weight is 837 g/mol. The van der Waals surface area contributed by atoms with Gasteiger partial charge in [0.1, 0.15) is 17.1 Å². The highest BCUT2D eigenvalue weighted by atomic mass is 28.4. The molecule has 6 heteroatoms. The lowest BCUT2D eigenvalue weighted by Crippen LogP contribution is -2.71. The van der Waals surface area contributed by atoms with E-state index in [2.05, 4.69) is 197 Å². The van der Waals surface area contributed by atoms with E-state index in [4.69, 9.17) is 13.6 Å². The minimum absolute atomic E-state index is 0.0785. The molecule has 8 rings (SSSR count). The number of phenols is 1. The monoisotopic (exact) mass is 836 g/mol. The molecule has 0 unspecified atom stereocenters. The van der Waals surface area contributed by atoms with Crippen molar-refractivity contribution in [3.05, 3.63) is 145 Å². The Balaban J connectivity index is 1.12. The average Bonchev–Trinajstić information content (AvgIpc) is 3.63. The van der Waals surface area contributed by atoms with E-state index in [0.717, 1.165) is 42.6 Å². The molecule has 0 amide bonds. The molecule has 60 heavy (non-hydrogen) atoms. The summed E-state index contributed by atoms with van der Waals surface area (Å²) in [6, 6.07) is 47.9. The van der Waals surface area contributed by atoms with Crippen LogP contribution in [0.5, 0.6) is 11.5 Å². The van der Waals surface area contributed by atoms with E-state index in [-0.39, 0.29) is 27.0 Å². The van der Waals surface area contributed by atoms with Crippen molar-refractivity contribution in [2.75, 3.05) is 0 Å². The standard InChI is InChI=1S/C54H68O4Si2/c1-39-31-32-48-52(8,9)49(58-60(51(5,6)7,43-27-19-13-20-28-43)44-29-21-14-22-30-44)33-34-53(48,10)54(39)37-45-46(55)35-40(36-47(45)57-54)38-56-59(50(2,3)4,41-23-15-11-16-24-41)42-25-17-12-18-26-42/h11-30,35-36,39,48-49,55H,31-34,37-38H2,1-10H3/t39-,48+,49+,53+,54-/m1/s1. The number of hydrogen-bond donors (Lipinski definition) is 1. The molecule has 5 atom stereocenters. The van der Waals surface area contributed by atoms with E-state index in [1.54, 1.807) is 0 Å². The van der Waals surface area contributed by atoms with Crippen LogP contribution in [0.15, 0.2) is 133 Å². The smallest absolute Gasteiger partial charge is 0.261 e. The molecule has 0 saturated heterocycles. The molecule has 5 aromatic rings. The van der Waals surface area contributed by atoms with Gasteiger partial charge in [-0.25, -0.2) is 0 Å². The largest absolute Gasteiger partial charge is 0.508 e. The Labute approximate surface area is 363 Å². The third-order valence-corrected chi connectivity index (χ3v) is 25.7. The van der Waals surface area contributed by atoms with Gasteiger partial charge >= 0.3 is 0 Å². The van der Waals surface area contributed by atoms with Crippen LogP contribution in [0.25, 0.3) is 0 Å². The molecule has 1 heterocycles. The maximum absolute atomic E-state index is 11.9. The molecule has 3 aliphatic rings. The number of hydrogen-bond acceptors (Lipinski definition) is 4. The van der Waals surface area contributed by atoms with E-state index in [9.17, 15) is 5.11 Å². The van der Waals surface area contributed by atoms with E-state index in [1.807, 2.05) is 6.07 Å². The summed E-state index contributed by atoms with van der Waals surface area (Å²) in [5.74, 6) is 1.85. The number of benzene rings is 5. The van der Waals surface area contributed by atoms with Crippen molar-refractivity contribution in [3.63, 3.8) is 0 Å². The molecule has 0 bridgehead atoms. The van der Waals surface area contributed by atoms with Gasteiger partial charge in [-0.2, -0.15) is 0 Å². The quantitative estimate of drug-likeness (QED) is 0.150. The highest BCUT2D eigenvalue weighted by Gasteiger charge is 2.68. The Hall–Kier alpha value is -3.95. The van der Waals surface area contributed by atoms with E-state index >= 15 is 0 Å². The molecule has 1 spiro atoms. The summed E-state index contributed by atoms with van der Waals surface area (Å²) in [5.41, 5.74) is 1.21. The fourth-order valence-electron chi connectivity index (χ4n) is 12.6. The van der Waals surface area contributed by atoms with Crippen molar-refractivity contribution >= 4 is 37.4 Å². The van der Waals surface area contributed by atoms with Crippen LogP contribution in [0.2, 0.25) is 10.1 Å². The third-order valence-electron chi connectivity index (χ3n) is 15.7. The predicted octanol–water partition coefficient (Wildman–Crippen LogP) is 11.0. The van der Waals surface area contributed by atoms with Crippen molar-refractivity contribution in [1.82, 2.24) is 0 Å². The fraction of sp³-hybridized carbons (Fsp3) is 0.444. The van der Waals surface area contributed by atoms with Gasteiger partial charge in [0.25, 0.3) is 16.6 Å². The Bertz CT molecular complexity index is 2180. The number of phenolic OH excluding ortho intramolecular Hbond substituents is 1. The van der Waals surface area contributed by atoms with Crippen molar-refractivity contribution < 1.29 is 18.7 Å². The number of ether oxygens (including phenoxy) is 1. The van der Waals surface area contributed by atoms with Crippen molar-refractivity contribution in [2.24, 2.45) is 22.7 Å². The first-order chi connectivity index (χ1) is 28.4. The van der Waals surface area contributed by atoms with Gasteiger partial charge in [0.2, 0.25) is 0 Å². The second kappa shape index (κ2) is 15.4. The van der Waals surface area contributed by atoms with Crippen molar-refractivity contribution in [3.8, 4) is 11.5 Å². The first kappa shape index (κ1) is 42.7. The number of rotatable bonds is 9. The van der Waals surface area contributed by atoms with E-state index in [1.165, 1.54) is 20.7 Å². The van der Waals surface area contributed by atoms with Gasteiger partial charge in [-0.3, -0.25) is 0 Å². The second-order valence-corrected chi connectivity index (χ2v) is 29.8. The van der Waals surface area contributed by atoms with Crippen LogP contribution >= 0.6 is 0 Å². The summed E-state index contributed by atoms with van der Waals surface area (Å²) >= 11 is 0. The summed E-state index contributed by atoms with van der Waals surface area (Å²) in [4.78, 5) is 0. The Morgan fingerprint density at radius 1 is 0.650 bits per heavy atom. The summed E-state index contributed by atoms with van der Waals surface area (Å²) < 4.78 is 22.8. The first-order valence-electron chi connectivity index (χ1n) is 22.5. The topological polar surface area (TPSA) is 47.9 Å². The van der Waals surface area contributed by atoms with Crippen molar-refractivity contribution in [2.45, 2.75) is 130 Å². The lowest BCUT2D eigenvalue weighted by molar-refractivity contribution is -0.207. The van der Waals surface area contributed by atoms with Crippen LogP contribution < -0.4 is 25.5 Å². The molecule has 0 aromatic heterocycles. The number of aromatic hydroxyl groups is 1. The summed E-state index contributed by atoms with van der Waals surface area (Å²) in [7, 11) is -5.56. The zero-order chi connectivity index (χ0) is 42.8. The zero-order valence-corrected chi connectivity index (χ0v) is 39.8. The van der Waals surface area contributed by atoms with Crippen LogP contribution in [0.3, 0.4) is 0 Å². The number of fused-ring (bicyclic) bond motifs is 3. The Morgan fingerprint density at radius 2 is 1.12 bits per heavy atom. The summed E-state index contributed by atoms with van der Waals surface area (Å²) in [6.45, 7) is 24.4. The molecule has 316 valence electrons. The molecule has 1 aliphatic heterocycles. The van der Waals surface area contributed by atoms with E-state index < -0.39 is 22.2 Å². The van der Waals surface area contributed by atoms with Gasteiger partial charge in [0, 0.05) is 17.4 Å². The molecule has 2 fully saturated rings. The lowest BCUT2D eigenvalue weighted by Gasteiger charge is -2.65. The van der Waals surface area contributed by atoms with Gasteiger partial charge in [-0.15, -0.1) is 0 Å². The summed E-state index contributed by atoms with van der Waals surface area (Å²) in [6.07, 6.45) is 4.98. The molecular formula is C54H68O4Si2. The minimum Gasteiger partial charge on any atom is -0.508 e. The molecular weight excluding hydrogens is 769 g/mol. The molecule has 2 saturated carbocycles. The van der Waals surface area contributed by atoms with Crippen LogP contribution in [0.4, 0.5) is 0 Å². The fourth-order valence-corrected chi connectivity index (χ4v) is 22.0. The van der Waals surface area contributed by atoms with Gasteiger partial charge < -0.3 is 18.7 Å². The van der Waals surface area contributed by atoms with E-state index in [0.29, 0.717) is 30.6 Å². The van der Waals surface area contributed by atoms with Crippen LogP contribution in [-0.4, -0.2) is 33.4 Å². The second-order valence-electron chi connectivity index (χ2n) is 21.3. The van der Waals surface area contributed by atoms with Crippen LogP contribution in [0.1, 0.15) is 106 Å². The lowest BCUT2D eigenvalue weighted by atomic mass is 9.43. The summed E-state index contributed by atoms with van der Waals surface area (Å²) in [5, 5.41) is 16.9. The molecule has 0 radical (unpaired) electrons. The highest BCUT2D eigenvalue weighted by Crippen LogP contribution is 2.67. The van der Waals surface area contributed by atoms with Gasteiger partial charge in [0.15, 0.2) is 0 Å². The van der Waals surface area contributed by atoms with Gasteiger partial charge in [-0.1, -0.05) is 191 Å². The highest BCUT2D eigenvalue weighted by molar-refractivity contribution is 7.00. The maximum atomic E-state index is 11.9. The van der Waals surface area contributed by atoms with Crippen LogP contribution in [0, 0.1) is 22.7 Å². The zero-order valence-electron chi connectivity index (χ0n) is 37.8. The van der Waals surface area contributed by atoms with Crippen molar-refractivity contribution in [1.29, 1.82) is 0 Å². The van der Waals surface area contributed by atoms with Crippen LogP contribution in [-0.2, 0) is 21.9 Å². The predicted molar refractivity (Wildman–Crippen MR) is 253 cm³/mol. The Kier molecular flexibility index (Phi) is 11.0. The molecule has 5 aromatic carbocycles. The molecule has 4 nitrogen and oxygen atoms in total. The van der Waals surface area contributed by atoms with Gasteiger partial charge in [0.05, 0.1) is 12.7 Å². The maximum Gasteiger partial charge on any atom is 0.261 e. The first-order valence-corrected chi connectivity index (χ1v) is 26.3.